The van der Waals surface area contributed by atoms with Crippen molar-refractivity contribution in [2.24, 2.45) is 0 Å². The molecule has 0 saturated heterocycles. The fraction of sp³-hybridized carbons (Fsp3) is 0. The van der Waals surface area contributed by atoms with Crippen LogP contribution < -0.4 is 0 Å². The van der Waals surface area contributed by atoms with Crippen LogP contribution in [0.15, 0.2) is 0 Å². The molecule has 0 unspecified atom stereocenters. The molecule has 0 N–H and O–H groups in total. The van der Waals surface area contributed by atoms with E-state index in [4.69, 9.17) is 0 Å². The Morgan fingerprint density at radius 1 is 1.25 bits per heavy atom. The first-order chi connectivity index (χ1) is 1.41. The standard InChI is InChI=1S/Na.2Se.Sn. The summed E-state index contributed by atoms with van der Waals surface area (Å²) in [5, 5.41) is 0. The summed E-state index contributed by atoms with van der Waals surface area (Å²) in [4.78, 5) is 0. The van der Waals surface area contributed by atoms with Crippen LogP contribution >= 0.6 is 0 Å². The molecule has 17 valence electrons. The third-order valence-electron chi connectivity index (χ3n) is 0. The Balaban J connectivity index is 0. The van der Waals surface area contributed by atoms with Crippen molar-refractivity contribution in [3.8, 4) is 0 Å². The van der Waals surface area contributed by atoms with E-state index < -0.39 is 0 Å². The van der Waals surface area contributed by atoms with Crippen molar-refractivity contribution >= 4 is 69.4 Å². The van der Waals surface area contributed by atoms with E-state index in [1.807, 2.05) is 0 Å². The van der Waals surface area contributed by atoms with Gasteiger partial charge in [-0.15, -0.1) is 0 Å². The molecule has 4 heteroatoms. The molecule has 1 radical (unpaired) electrons. The second kappa shape index (κ2) is 9.28. The van der Waals surface area contributed by atoms with Gasteiger partial charge in [-0.1, -0.05) is 0 Å². The summed E-state index contributed by atoms with van der Waals surface area (Å²) in [6, 6.07) is 0. The second-order valence-corrected chi connectivity index (χ2v) is 15.1. The maximum absolute atomic E-state index is 2.92. The normalized spacial score (nSPS) is 2.00. The van der Waals surface area contributed by atoms with Gasteiger partial charge in [0.2, 0.25) is 0 Å². The molecule has 0 nitrogen and oxygen atoms in total. The zero-order valence-corrected chi connectivity index (χ0v) is 10.6. The molecule has 4 heavy (non-hydrogen) atoms. The summed E-state index contributed by atoms with van der Waals surface area (Å²) >= 11 is 5.82. The monoisotopic (exact) mass is 303 g/mol. The molecule has 0 rings (SSSR count). The van der Waals surface area contributed by atoms with Crippen LogP contribution in [-0.2, 0) is 0 Å². The summed E-state index contributed by atoms with van der Waals surface area (Å²) in [7, 11) is 0. The Bertz CT molecular complexity index is 27.0. The minimum atomic E-state index is -0.0200. The molecule has 0 heterocycles. The molecule has 0 atom stereocenters. The van der Waals surface area contributed by atoms with Crippen LogP contribution in [0.2, 0.25) is 0 Å². The number of hydrogen-bond donors (Lipinski definition) is 0. The average Bonchev–Trinajstić information content (AvgIpc) is 0.918. The maximum atomic E-state index is 2.92. The zero-order valence-electron chi connectivity index (χ0n) is 2.32. The Hall–Kier alpha value is 2.84. The summed E-state index contributed by atoms with van der Waals surface area (Å²) in [5.41, 5.74) is 0. The van der Waals surface area contributed by atoms with Gasteiger partial charge < -0.3 is 0 Å². The van der Waals surface area contributed by atoms with E-state index in [2.05, 4.69) is 24.4 Å². The molecular weight excluding hydrogens is 300 g/mol. The SMILES string of the molecule is [Na].[Se]=[Sn]=[Se]. The predicted octanol–water partition coefficient (Wildman–Crippen LogP) is -1.52. The molecular formula is NaSe2Sn. The first kappa shape index (κ1) is 9.96. The fourth-order valence-corrected chi connectivity index (χ4v) is 0. The van der Waals surface area contributed by atoms with Crippen molar-refractivity contribution in [1.82, 2.24) is 0 Å². The summed E-state index contributed by atoms with van der Waals surface area (Å²) in [6.07, 6.45) is 0. The number of hydrogen-bond acceptors (Lipinski definition) is 0. The average molecular weight is 300 g/mol. The van der Waals surface area contributed by atoms with Crippen LogP contribution in [0, 0.1) is 0 Å². The fourth-order valence-electron chi connectivity index (χ4n) is 0. The van der Waals surface area contributed by atoms with E-state index in [1.165, 1.54) is 0 Å². The van der Waals surface area contributed by atoms with Crippen LogP contribution in [0.1, 0.15) is 0 Å². The van der Waals surface area contributed by atoms with Gasteiger partial charge in [0.25, 0.3) is 0 Å². The topological polar surface area (TPSA) is 0 Å². The van der Waals surface area contributed by atoms with Gasteiger partial charge in [-0.05, 0) is 0 Å². The van der Waals surface area contributed by atoms with Crippen LogP contribution in [0.3, 0.4) is 0 Å². The van der Waals surface area contributed by atoms with E-state index in [-0.39, 0.29) is 45.0 Å². The Morgan fingerprint density at radius 3 is 1.25 bits per heavy atom. The van der Waals surface area contributed by atoms with Crippen molar-refractivity contribution in [2.75, 3.05) is 0 Å². The molecule has 0 fully saturated rings. The van der Waals surface area contributed by atoms with Crippen LogP contribution in [0.25, 0.3) is 0 Å². The molecule has 0 aliphatic heterocycles. The van der Waals surface area contributed by atoms with Crippen molar-refractivity contribution in [1.29, 1.82) is 0 Å². The van der Waals surface area contributed by atoms with Gasteiger partial charge in [0.05, 0.1) is 0 Å². The van der Waals surface area contributed by atoms with E-state index >= 15 is 0 Å². The number of rotatable bonds is 0. The third kappa shape index (κ3) is 8.85. The molecule has 0 spiro atoms. The van der Waals surface area contributed by atoms with Crippen molar-refractivity contribution in [2.45, 2.75) is 0 Å². The first-order valence-corrected chi connectivity index (χ1v) is 14.2. The van der Waals surface area contributed by atoms with E-state index in [9.17, 15) is 0 Å². The van der Waals surface area contributed by atoms with Crippen molar-refractivity contribution < 1.29 is 0 Å². The van der Waals surface area contributed by atoms with Gasteiger partial charge in [0.1, 0.15) is 0 Å². The second-order valence-electron chi connectivity index (χ2n) is 0.0833. The van der Waals surface area contributed by atoms with Crippen LogP contribution in [-0.4, -0.2) is 69.4 Å². The Morgan fingerprint density at radius 2 is 1.25 bits per heavy atom. The first-order valence-electron chi connectivity index (χ1n) is 0.408. The van der Waals surface area contributed by atoms with Crippen LogP contribution in [0.5, 0.6) is 0 Å². The molecule has 0 aliphatic carbocycles. The van der Waals surface area contributed by atoms with Crippen LogP contribution in [0.4, 0.5) is 0 Å². The summed E-state index contributed by atoms with van der Waals surface area (Å²) < 4.78 is 0. The van der Waals surface area contributed by atoms with E-state index in [1.54, 1.807) is 0 Å². The molecule has 0 aromatic rings. The molecule has 0 amide bonds. The van der Waals surface area contributed by atoms with Gasteiger partial charge >= 0.3 is 39.9 Å². The van der Waals surface area contributed by atoms with Gasteiger partial charge in [0.15, 0.2) is 0 Å². The Labute approximate surface area is 67.9 Å². The van der Waals surface area contributed by atoms with Gasteiger partial charge in [-0.3, -0.25) is 0 Å². The minimum absolute atomic E-state index is 0. The van der Waals surface area contributed by atoms with Crippen molar-refractivity contribution in [3.63, 3.8) is 0 Å². The summed E-state index contributed by atoms with van der Waals surface area (Å²) in [5.74, 6) is 0. The quantitative estimate of drug-likeness (QED) is 0.477. The molecule has 0 aromatic carbocycles. The molecule has 0 saturated carbocycles. The molecule has 0 bridgehead atoms. The van der Waals surface area contributed by atoms with Crippen molar-refractivity contribution in [3.05, 3.63) is 0 Å². The summed E-state index contributed by atoms with van der Waals surface area (Å²) in [6.45, 7) is 0. The van der Waals surface area contributed by atoms with Gasteiger partial charge in [0, 0.05) is 29.6 Å². The zero-order chi connectivity index (χ0) is 2.71. The third-order valence-corrected chi connectivity index (χ3v) is 0. The predicted molar refractivity (Wildman–Crippen MR) is 23.0 cm³/mol. The molecule has 0 aromatic heterocycles. The van der Waals surface area contributed by atoms with Gasteiger partial charge in [-0.25, -0.2) is 0 Å². The van der Waals surface area contributed by atoms with E-state index in [0.29, 0.717) is 0 Å². The van der Waals surface area contributed by atoms with E-state index in [0.717, 1.165) is 0 Å². The Kier molecular flexibility index (Phi) is 23.1. The van der Waals surface area contributed by atoms with Gasteiger partial charge in [-0.2, -0.15) is 0 Å². The molecule has 0 aliphatic rings.